The highest BCUT2D eigenvalue weighted by Gasteiger charge is 2.07. The smallest absolute Gasteiger partial charge is 0.228 e. The van der Waals surface area contributed by atoms with Crippen molar-refractivity contribution in [2.24, 2.45) is 0 Å². The van der Waals surface area contributed by atoms with Crippen LogP contribution in [0.15, 0.2) is 51.7 Å². The zero-order chi connectivity index (χ0) is 16.9. The second-order valence-corrected chi connectivity index (χ2v) is 8.59. The number of benzene rings is 2. The van der Waals surface area contributed by atoms with Crippen molar-refractivity contribution >= 4 is 56.7 Å². The summed E-state index contributed by atoms with van der Waals surface area (Å²) in [6, 6.07) is 14.0. The van der Waals surface area contributed by atoms with Crippen LogP contribution in [0.5, 0.6) is 0 Å². The number of aromatic nitrogens is 1. The number of hydrogen-bond donors (Lipinski definition) is 1. The van der Waals surface area contributed by atoms with Gasteiger partial charge in [-0.05, 0) is 47.9 Å². The van der Waals surface area contributed by atoms with E-state index in [1.165, 1.54) is 4.90 Å². The molecule has 0 aliphatic rings. The predicted molar refractivity (Wildman–Crippen MR) is 107 cm³/mol. The highest BCUT2D eigenvalue weighted by molar-refractivity contribution is 8.00. The molecule has 1 N–H and O–H groups in total. The molecule has 0 saturated heterocycles. The van der Waals surface area contributed by atoms with Gasteiger partial charge in [0.15, 0.2) is 4.34 Å². The molecule has 1 heterocycles. The van der Waals surface area contributed by atoms with E-state index in [0.717, 1.165) is 31.6 Å². The van der Waals surface area contributed by atoms with E-state index in [0.29, 0.717) is 6.42 Å². The van der Waals surface area contributed by atoms with Crippen molar-refractivity contribution in [2.75, 3.05) is 17.3 Å². The van der Waals surface area contributed by atoms with Crippen molar-refractivity contribution in [3.8, 4) is 0 Å². The van der Waals surface area contributed by atoms with Crippen molar-refractivity contribution in [1.82, 2.24) is 4.98 Å². The number of fused-ring (bicyclic) bond motifs is 1. The highest BCUT2D eigenvalue weighted by atomic mass is 32.2. The maximum atomic E-state index is 12.3. The number of nitrogens with zero attached hydrogens (tertiary/aromatic N) is 1. The largest absolute Gasteiger partial charge is 0.326 e. The lowest BCUT2D eigenvalue weighted by Crippen LogP contribution is -2.14. The first-order chi connectivity index (χ1) is 11.7. The first kappa shape index (κ1) is 17.3. The number of thioether (sulfide) groups is 2. The molecule has 2 aromatic carbocycles. The molecule has 0 fully saturated rings. The fraction of sp³-hybridized carbons (Fsp3) is 0.222. The lowest BCUT2D eigenvalue weighted by atomic mass is 10.1. The molecule has 3 aromatic rings. The zero-order valence-corrected chi connectivity index (χ0v) is 16.0. The topological polar surface area (TPSA) is 42.0 Å². The minimum Gasteiger partial charge on any atom is -0.326 e. The first-order valence-electron chi connectivity index (χ1n) is 7.64. The van der Waals surface area contributed by atoms with Gasteiger partial charge in [-0.15, -0.1) is 23.1 Å². The molecular formula is C18H18N2OS3. The normalized spacial score (nSPS) is 10.9. The Morgan fingerprint density at radius 1 is 1.21 bits per heavy atom. The van der Waals surface area contributed by atoms with Crippen LogP contribution in [0.25, 0.3) is 10.2 Å². The summed E-state index contributed by atoms with van der Waals surface area (Å²) >= 11 is 5.09. The number of anilines is 1. The van der Waals surface area contributed by atoms with Crippen molar-refractivity contribution < 1.29 is 4.79 Å². The lowest BCUT2D eigenvalue weighted by Gasteiger charge is -2.06. The summed E-state index contributed by atoms with van der Waals surface area (Å²) < 4.78 is 2.14. The van der Waals surface area contributed by atoms with Crippen LogP contribution in [0, 0.1) is 0 Å². The van der Waals surface area contributed by atoms with Crippen molar-refractivity contribution in [3.05, 3.63) is 48.0 Å². The fourth-order valence-electron chi connectivity index (χ4n) is 2.33. The molecule has 0 aliphatic heterocycles. The summed E-state index contributed by atoms with van der Waals surface area (Å²) in [6.07, 6.45) is 2.40. The van der Waals surface area contributed by atoms with E-state index in [9.17, 15) is 4.79 Å². The predicted octanol–water partition coefficient (Wildman–Crippen LogP) is 5.31. The summed E-state index contributed by atoms with van der Waals surface area (Å²) in [5.41, 5.74) is 2.82. The van der Waals surface area contributed by atoms with Gasteiger partial charge in [0.25, 0.3) is 0 Å². The lowest BCUT2D eigenvalue weighted by molar-refractivity contribution is -0.115. The van der Waals surface area contributed by atoms with Gasteiger partial charge in [0.2, 0.25) is 5.91 Å². The third-order valence-corrected chi connectivity index (χ3v) is 6.32. The van der Waals surface area contributed by atoms with Gasteiger partial charge in [-0.2, -0.15) is 0 Å². The average Bonchev–Trinajstić information content (AvgIpc) is 2.99. The van der Waals surface area contributed by atoms with Crippen molar-refractivity contribution in [2.45, 2.75) is 22.6 Å². The summed E-state index contributed by atoms with van der Waals surface area (Å²) in [5.74, 6) is 1.05. The maximum Gasteiger partial charge on any atom is 0.228 e. The van der Waals surface area contributed by atoms with E-state index in [1.54, 1.807) is 34.9 Å². The van der Waals surface area contributed by atoms with Crippen LogP contribution in [0.3, 0.4) is 0 Å². The van der Waals surface area contributed by atoms with Gasteiger partial charge in [0, 0.05) is 10.6 Å². The van der Waals surface area contributed by atoms with Crippen molar-refractivity contribution in [3.63, 3.8) is 0 Å². The molecule has 0 bridgehead atoms. The summed E-state index contributed by atoms with van der Waals surface area (Å²) in [6.45, 7) is 2.13. The minimum absolute atomic E-state index is 0.000139. The molecule has 0 atom stereocenters. The van der Waals surface area contributed by atoms with Crippen molar-refractivity contribution in [1.29, 1.82) is 0 Å². The Kier molecular flexibility index (Phi) is 5.81. The highest BCUT2D eigenvalue weighted by Crippen LogP contribution is 2.30. The third kappa shape index (κ3) is 4.32. The van der Waals surface area contributed by atoms with Crippen LogP contribution in [0.2, 0.25) is 0 Å². The number of carbonyl (C=O) groups is 1. The molecule has 0 radical (unpaired) electrons. The number of hydrogen-bond acceptors (Lipinski definition) is 5. The van der Waals surface area contributed by atoms with Crippen LogP contribution >= 0.6 is 34.9 Å². The summed E-state index contributed by atoms with van der Waals surface area (Å²) in [4.78, 5) is 18.0. The first-order valence-corrected chi connectivity index (χ1v) is 10.7. The minimum atomic E-state index is -0.000139. The van der Waals surface area contributed by atoms with Gasteiger partial charge in [-0.1, -0.05) is 30.8 Å². The molecule has 0 aliphatic carbocycles. The Labute approximate surface area is 154 Å². The Hall–Kier alpha value is -1.50. The molecule has 1 aromatic heterocycles. The van der Waals surface area contributed by atoms with E-state index < -0.39 is 0 Å². The number of rotatable bonds is 6. The SMILES string of the molecule is CCSc1ccc(CC(=O)Nc2ccc3nc(SC)sc3c2)cc1. The van der Waals surface area contributed by atoms with E-state index in [1.807, 2.05) is 36.6 Å². The monoisotopic (exact) mass is 374 g/mol. The van der Waals surface area contributed by atoms with Crippen LogP contribution < -0.4 is 5.32 Å². The fourth-order valence-corrected chi connectivity index (χ4v) is 4.52. The third-order valence-electron chi connectivity index (χ3n) is 3.43. The molecule has 1 amide bonds. The standard InChI is InChI=1S/C18H18N2OS3/c1-3-23-14-7-4-12(5-8-14)10-17(21)19-13-6-9-15-16(11-13)24-18(20-15)22-2/h4-9,11H,3,10H2,1-2H3,(H,19,21). The van der Waals surface area contributed by atoms with Gasteiger partial charge < -0.3 is 5.32 Å². The second-order valence-electron chi connectivity index (χ2n) is 5.17. The van der Waals surface area contributed by atoms with Gasteiger partial charge in [0.05, 0.1) is 16.6 Å². The summed E-state index contributed by atoms with van der Waals surface area (Å²) in [7, 11) is 0. The number of nitrogens with one attached hydrogen (secondary N) is 1. The average molecular weight is 375 g/mol. The molecule has 0 spiro atoms. The van der Waals surface area contributed by atoms with Crippen LogP contribution in [0.1, 0.15) is 12.5 Å². The Balaban J connectivity index is 1.65. The Bertz CT molecular complexity index is 843. The van der Waals surface area contributed by atoms with Gasteiger partial charge >= 0.3 is 0 Å². The van der Waals surface area contributed by atoms with Crippen LogP contribution in [-0.4, -0.2) is 22.9 Å². The van der Waals surface area contributed by atoms with Gasteiger partial charge in [-0.25, -0.2) is 4.98 Å². The molecule has 0 unspecified atom stereocenters. The van der Waals surface area contributed by atoms with E-state index in [2.05, 4.69) is 29.4 Å². The van der Waals surface area contributed by atoms with E-state index >= 15 is 0 Å². The number of thiazole rings is 1. The van der Waals surface area contributed by atoms with Crippen LogP contribution in [-0.2, 0) is 11.2 Å². The van der Waals surface area contributed by atoms with Gasteiger partial charge in [-0.3, -0.25) is 4.79 Å². The van der Waals surface area contributed by atoms with E-state index in [4.69, 9.17) is 0 Å². The summed E-state index contributed by atoms with van der Waals surface area (Å²) in [5, 5.41) is 2.98. The zero-order valence-electron chi connectivity index (χ0n) is 13.5. The number of amides is 1. The van der Waals surface area contributed by atoms with Gasteiger partial charge in [0.1, 0.15) is 0 Å². The molecule has 0 saturated carbocycles. The molecule has 3 nitrogen and oxygen atoms in total. The maximum absolute atomic E-state index is 12.3. The molecule has 124 valence electrons. The Morgan fingerprint density at radius 2 is 2.00 bits per heavy atom. The second kappa shape index (κ2) is 8.05. The van der Waals surface area contributed by atoms with E-state index in [-0.39, 0.29) is 5.91 Å². The molecule has 6 heteroatoms. The molecule has 3 rings (SSSR count). The quantitative estimate of drug-likeness (QED) is 0.594. The Morgan fingerprint density at radius 3 is 2.71 bits per heavy atom. The van der Waals surface area contributed by atoms with Crippen LogP contribution in [0.4, 0.5) is 5.69 Å². The molecule has 24 heavy (non-hydrogen) atoms. The molecular weight excluding hydrogens is 356 g/mol. The number of carbonyl (C=O) groups excluding carboxylic acids is 1.